The number of aryl methyl sites for hydroxylation is 1. The Hall–Kier alpha value is -1.14. The summed E-state index contributed by atoms with van der Waals surface area (Å²) in [5.41, 5.74) is -0.403. The molecular weight excluding hydrogens is 277 g/mol. The van der Waals surface area contributed by atoms with E-state index in [0.29, 0.717) is 18.6 Å². The molecule has 3 rings (SSSR count). The molecule has 0 spiro atoms. The van der Waals surface area contributed by atoms with Crippen molar-refractivity contribution < 1.29 is 22.8 Å². The molecule has 0 aliphatic carbocycles. The maximum Gasteiger partial charge on any atom is 0.497 e. The van der Waals surface area contributed by atoms with Gasteiger partial charge in [0.1, 0.15) is 0 Å². The van der Waals surface area contributed by atoms with E-state index in [1.54, 1.807) is 6.07 Å². The zero-order valence-corrected chi connectivity index (χ0v) is 12.8. The van der Waals surface area contributed by atoms with Gasteiger partial charge in [0, 0.05) is 5.46 Å². The Morgan fingerprint density at radius 3 is 2.29 bits per heavy atom. The van der Waals surface area contributed by atoms with Crippen LogP contribution < -0.4 is 10.2 Å². The molecule has 0 bridgehead atoms. The summed E-state index contributed by atoms with van der Waals surface area (Å²) in [5.74, 6) is -1.87. The molecule has 3 nitrogen and oxygen atoms in total. The largest absolute Gasteiger partial charge is 0.497 e. The molecule has 0 radical (unpaired) electrons. The van der Waals surface area contributed by atoms with Crippen LogP contribution in [-0.2, 0) is 15.7 Å². The van der Waals surface area contributed by atoms with E-state index >= 15 is 0 Å². The van der Waals surface area contributed by atoms with Crippen LogP contribution in [0.25, 0.3) is 0 Å². The topological polar surface area (TPSA) is 27.7 Å². The summed E-state index contributed by atoms with van der Waals surface area (Å²) in [6.07, 6.45) is 1.46. The summed E-state index contributed by atoms with van der Waals surface area (Å²) in [5, 5.41) is 0. The van der Waals surface area contributed by atoms with Gasteiger partial charge in [-0.3, -0.25) is 0 Å². The summed E-state index contributed by atoms with van der Waals surface area (Å²) >= 11 is 0. The van der Waals surface area contributed by atoms with Gasteiger partial charge in [-0.15, -0.1) is 0 Å². The maximum atomic E-state index is 14.3. The third kappa shape index (κ3) is 2.25. The molecule has 1 aromatic rings. The van der Waals surface area contributed by atoms with E-state index in [0.717, 1.165) is 6.42 Å². The van der Waals surface area contributed by atoms with E-state index in [-0.39, 0.29) is 11.2 Å². The van der Waals surface area contributed by atoms with Crippen LogP contribution in [0.1, 0.15) is 39.7 Å². The van der Waals surface area contributed by atoms with Crippen molar-refractivity contribution in [2.45, 2.75) is 51.7 Å². The number of halogens is 2. The predicted molar refractivity (Wildman–Crippen MR) is 75.9 cm³/mol. The molecule has 0 aromatic heterocycles. The van der Waals surface area contributed by atoms with Gasteiger partial charge in [0.15, 0.2) is 11.6 Å². The van der Waals surface area contributed by atoms with Crippen molar-refractivity contribution in [3.05, 3.63) is 23.3 Å². The number of rotatable bonds is 1. The highest BCUT2D eigenvalue weighted by Crippen LogP contribution is 2.37. The Balaban J connectivity index is 2.03. The van der Waals surface area contributed by atoms with Gasteiger partial charge in [-0.2, -0.15) is 4.39 Å². The van der Waals surface area contributed by atoms with Crippen LogP contribution >= 0.6 is 0 Å². The van der Waals surface area contributed by atoms with E-state index in [1.165, 1.54) is 0 Å². The molecule has 0 saturated carbocycles. The van der Waals surface area contributed by atoms with Crippen molar-refractivity contribution in [3.8, 4) is 5.75 Å². The molecule has 2 aliphatic rings. The molecule has 1 fully saturated rings. The zero-order valence-electron chi connectivity index (χ0n) is 12.8. The van der Waals surface area contributed by atoms with Gasteiger partial charge < -0.3 is 14.0 Å². The Kier molecular flexibility index (Phi) is 3.30. The van der Waals surface area contributed by atoms with Crippen LogP contribution in [0.5, 0.6) is 5.75 Å². The Morgan fingerprint density at radius 2 is 1.67 bits per heavy atom. The minimum Gasteiger partial charge on any atom is -0.490 e. The Labute approximate surface area is 123 Å². The van der Waals surface area contributed by atoms with Gasteiger partial charge in [-0.05, 0) is 46.1 Å². The predicted octanol–water partition coefficient (Wildman–Crippen LogP) is 2.59. The van der Waals surface area contributed by atoms with Crippen LogP contribution in [0.2, 0.25) is 0 Å². The van der Waals surface area contributed by atoms with Crippen molar-refractivity contribution in [1.29, 1.82) is 0 Å². The average Bonchev–Trinajstić information content (AvgIpc) is 2.62. The van der Waals surface area contributed by atoms with E-state index in [1.807, 2.05) is 27.7 Å². The molecule has 114 valence electrons. The first-order valence-electron chi connectivity index (χ1n) is 7.22. The number of benzene rings is 1. The van der Waals surface area contributed by atoms with Crippen molar-refractivity contribution >= 4 is 12.6 Å². The van der Waals surface area contributed by atoms with Crippen LogP contribution in [0, 0.1) is 11.6 Å². The quantitative estimate of drug-likeness (QED) is 0.746. The minimum absolute atomic E-state index is 0.0269. The lowest BCUT2D eigenvalue weighted by Gasteiger charge is -2.32. The molecule has 0 atom stereocenters. The lowest BCUT2D eigenvalue weighted by Crippen LogP contribution is -2.41. The lowest BCUT2D eigenvalue weighted by molar-refractivity contribution is 0.00578. The van der Waals surface area contributed by atoms with Gasteiger partial charge in [-0.25, -0.2) is 4.39 Å². The normalized spacial score (nSPS) is 22.9. The van der Waals surface area contributed by atoms with E-state index in [9.17, 15) is 8.78 Å². The second-order valence-electron chi connectivity index (χ2n) is 6.62. The number of fused-ring (bicyclic) bond motifs is 1. The van der Waals surface area contributed by atoms with Crippen LogP contribution in [0.4, 0.5) is 8.78 Å². The molecule has 1 saturated heterocycles. The van der Waals surface area contributed by atoms with Gasteiger partial charge in [0.2, 0.25) is 5.82 Å². The molecule has 1 aromatic carbocycles. The molecular formula is C15H19BF2O3. The number of ether oxygens (including phenoxy) is 1. The van der Waals surface area contributed by atoms with E-state index in [2.05, 4.69) is 0 Å². The summed E-state index contributed by atoms with van der Waals surface area (Å²) in [6, 6.07) is 1.61. The Bertz CT molecular complexity index is 571. The lowest BCUT2D eigenvalue weighted by atomic mass is 9.77. The Morgan fingerprint density at radius 1 is 1.05 bits per heavy atom. The van der Waals surface area contributed by atoms with Crippen molar-refractivity contribution in [2.75, 3.05) is 6.61 Å². The van der Waals surface area contributed by atoms with Crippen molar-refractivity contribution in [2.24, 2.45) is 0 Å². The third-order valence-electron chi connectivity index (χ3n) is 4.61. The molecule has 0 N–H and O–H groups in total. The molecule has 2 aliphatic heterocycles. The standard InChI is InChI=1S/C15H19BF2O3/c1-14(2)15(3,4)21-16(20-14)10-8-9-6-5-7-19-13(9)12(18)11(10)17/h8H,5-7H2,1-4H3. The van der Waals surface area contributed by atoms with Crippen LogP contribution in [0.15, 0.2) is 6.07 Å². The monoisotopic (exact) mass is 296 g/mol. The second-order valence-corrected chi connectivity index (χ2v) is 6.62. The molecule has 0 amide bonds. The maximum absolute atomic E-state index is 14.3. The van der Waals surface area contributed by atoms with Gasteiger partial charge in [0.05, 0.1) is 17.8 Å². The number of hydrogen-bond acceptors (Lipinski definition) is 3. The van der Waals surface area contributed by atoms with Crippen molar-refractivity contribution in [3.63, 3.8) is 0 Å². The van der Waals surface area contributed by atoms with Crippen LogP contribution in [-0.4, -0.2) is 24.9 Å². The summed E-state index contributed by atoms with van der Waals surface area (Å²) in [6.45, 7) is 7.93. The molecule has 2 heterocycles. The fraction of sp³-hybridized carbons (Fsp3) is 0.600. The minimum atomic E-state index is -0.950. The second kappa shape index (κ2) is 4.68. The highest BCUT2D eigenvalue weighted by atomic mass is 19.2. The third-order valence-corrected chi connectivity index (χ3v) is 4.61. The first kappa shape index (κ1) is 14.8. The molecule has 6 heteroatoms. The van der Waals surface area contributed by atoms with Gasteiger partial charge in [-0.1, -0.05) is 6.07 Å². The molecule has 0 unspecified atom stereocenters. The van der Waals surface area contributed by atoms with Crippen molar-refractivity contribution in [1.82, 2.24) is 0 Å². The highest BCUT2D eigenvalue weighted by Gasteiger charge is 2.53. The van der Waals surface area contributed by atoms with Crippen LogP contribution in [0.3, 0.4) is 0 Å². The summed E-state index contributed by atoms with van der Waals surface area (Å²) < 4.78 is 45.4. The fourth-order valence-electron chi connectivity index (χ4n) is 2.60. The van der Waals surface area contributed by atoms with Gasteiger partial charge >= 0.3 is 7.12 Å². The van der Waals surface area contributed by atoms with E-state index in [4.69, 9.17) is 14.0 Å². The number of hydrogen-bond donors (Lipinski definition) is 0. The first-order valence-corrected chi connectivity index (χ1v) is 7.22. The molecule has 21 heavy (non-hydrogen) atoms. The first-order chi connectivity index (χ1) is 9.73. The van der Waals surface area contributed by atoms with E-state index < -0.39 is 30.0 Å². The summed E-state index contributed by atoms with van der Waals surface area (Å²) in [4.78, 5) is 0. The highest BCUT2D eigenvalue weighted by molar-refractivity contribution is 6.62. The average molecular weight is 296 g/mol. The fourth-order valence-corrected chi connectivity index (χ4v) is 2.60. The zero-order chi connectivity index (χ0) is 15.4. The summed E-state index contributed by atoms with van der Waals surface area (Å²) in [7, 11) is -0.906. The van der Waals surface area contributed by atoms with Gasteiger partial charge in [0.25, 0.3) is 0 Å². The smallest absolute Gasteiger partial charge is 0.490 e. The SMILES string of the molecule is CC1(C)OB(c2cc3c(c(F)c2F)OCCC3)OC1(C)C.